The molecular weight excluding hydrogens is 592 g/mol. The number of methoxy groups -OCH3 is 1. The van der Waals surface area contributed by atoms with Crippen LogP contribution in [-0.4, -0.2) is 53.3 Å². The van der Waals surface area contributed by atoms with Gasteiger partial charge >= 0.3 is 5.97 Å². The van der Waals surface area contributed by atoms with Gasteiger partial charge in [-0.15, -0.1) is 0 Å². The van der Waals surface area contributed by atoms with E-state index in [-0.39, 0.29) is 30.2 Å². The molecule has 11 nitrogen and oxygen atoms in total. The van der Waals surface area contributed by atoms with Gasteiger partial charge in [-0.3, -0.25) is 28.8 Å². The summed E-state index contributed by atoms with van der Waals surface area (Å²) < 4.78 is 17.2. The Morgan fingerprint density at radius 3 is 2.09 bits per heavy atom. The largest absolute Gasteiger partial charge is 0.491 e. The fraction of sp³-hybridized carbons (Fsp3) is 0.371. The minimum Gasteiger partial charge on any atom is -0.491 e. The van der Waals surface area contributed by atoms with Crippen LogP contribution in [0.3, 0.4) is 0 Å². The van der Waals surface area contributed by atoms with Gasteiger partial charge in [-0.1, -0.05) is 81.4 Å². The van der Waals surface area contributed by atoms with Crippen molar-refractivity contribution in [2.75, 3.05) is 12.4 Å². The molecule has 2 aromatic carbocycles. The number of nitrogens with one attached hydrogen (secondary N) is 2. The molecule has 0 aliphatic heterocycles. The number of H-pyrrole nitrogens is 1. The Labute approximate surface area is 266 Å². The number of Topliss-reactive ketones (excluding diaryl/α,β-unsaturated/α-hetero) is 4. The quantitative estimate of drug-likeness (QED) is 0.249. The Morgan fingerprint density at radius 2 is 1.50 bits per heavy atom. The van der Waals surface area contributed by atoms with Crippen LogP contribution in [-0.2, 0) is 41.7 Å². The summed E-state index contributed by atoms with van der Waals surface area (Å²) in [5, 5.41) is 2.72. The number of benzene rings is 2. The predicted molar refractivity (Wildman–Crippen MR) is 169 cm³/mol. The molecule has 2 N–H and O–H groups in total. The lowest BCUT2D eigenvalue weighted by Gasteiger charge is -2.29. The third kappa shape index (κ3) is 7.59. The second kappa shape index (κ2) is 14.8. The monoisotopic (exact) mass is 630 g/mol. The molecule has 0 radical (unpaired) electrons. The van der Waals surface area contributed by atoms with Gasteiger partial charge in [-0.2, -0.15) is 0 Å². The van der Waals surface area contributed by atoms with Crippen LogP contribution in [0.15, 0.2) is 65.5 Å². The molecule has 1 fully saturated rings. The highest BCUT2D eigenvalue weighted by molar-refractivity contribution is 6.44. The van der Waals surface area contributed by atoms with Gasteiger partial charge in [0, 0.05) is 6.42 Å². The smallest absolute Gasteiger partial charge is 0.308 e. The molecule has 1 aliphatic rings. The Hall–Kier alpha value is -5.06. The van der Waals surface area contributed by atoms with Gasteiger partial charge in [-0.25, -0.2) is 0 Å². The molecule has 0 bridgehead atoms. The van der Waals surface area contributed by atoms with Crippen LogP contribution in [0.4, 0.5) is 5.69 Å². The number of aryl methyl sites for hydroxylation is 1. The number of carbonyl (C=O) groups excluding carboxylic acids is 5. The Morgan fingerprint density at radius 1 is 0.891 bits per heavy atom. The van der Waals surface area contributed by atoms with Crippen molar-refractivity contribution in [2.24, 2.45) is 17.8 Å². The molecule has 1 aromatic heterocycles. The minimum absolute atomic E-state index is 0.00106. The van der Waals surface area contributed by atoms with E-state index in [1.165, 1.54) is 14.0 Å². The second-order valence-electron chi connectivity index (χ2n) is 11.6. The molecule has 4 rings (SSSR count). The average Bonchev–Trinajstić information content (AvgIpc) is 3.06. The molecule has 242 valence electrons. The number of ketones is 4. The first-order chi connectivity index (χ1) is 21.9. The van der Waals surface area contributed by atoms with Crippen molar-refractivity contribution in [1.82, 2.24) is 4.98 Å². The summed E-state index contributed by atoms with van der Waals surface area (Å²) in [6.45, 7) is 6.33. The summed E-state index contributed by atoms with van der Waals surface area (Å²) in [6, 6.07) is 16.5. The number of hydrogen-bond donors (Lipinski definition) is 2. The van der Waals surface area contributed by atoms with Crippen LogP contribution in [0.2, 0.25) is 0 Å². The molecule has 0 spiro atoms. The van der Waals surface area contributed by atoms with E-state index >= 15 is 0 Å². The third-order valence-corrected chi connectivity index (χ3v) is 7.94. The first-order valence-corrected chi connectivity index (χ1v) is 15.1. The molecule has 1 aliphatic carbocycles. The number of rotatable bonds is 10. The zero-order chi connectivity index (χ0) is 33.5. The van der Waals surface area contributed by atoms with E-state index in [1.807, 2.05) is 30.3 Å². The Balaban J connectivity index is 1.72. The van der Waals surface area contributed by atoms with E-state index in [9.17, 15) is 28.8 Å². The van der Waals surface area contributed by atoms with E-state index in [1.54, 1.807) is 51.1 Å². The molecule has 4 atom stereocenters. The van der Waals surface area contributed by atoms with Crippen molar-refractivity contribution in [1.29, 1.82) is 0 Å². The molecule has 0 saturated heterocycles. The highest BCUT2D eigenvalue weighted by Gasteiger charge is 2.46. The summed E-state index contributed by atoms with van der Waals surface area (Å²) in [5.41, 5.74) is 0.923. The summed E-state index contributed by atoms with van der Waals surface area (Å²) >= 11 is 0. The summed E-state index contributed by atoms with van der Waals surface area (Å²) in [7, 11) is 1.31. The average molecular weight is 631 g/mol. The van der Waals surface area contributed by atoms with Gasteiger partial charge in [-0.05, 0) is 24.5 Å². The van der Waals surface area contributed by atoms with Crippen molar-refractivity contribution in [2.45, 2.75) is 59.3 Å². The number of esters is 1. The molecule has 46 heavy (non-hydrogen) atoms. The van der Waals surface area contributed by atoms with E-state index in [0.717, 1.165) is 5.56 Å². The zero-order valence-electron chi connectivity index (χ0n) is 26.5. The predicted octanol–water partition coefficient (Wildman–Crippen LogP) is 3.79. The summed E-state index contributed by atoms with van der Waals surface area (Å²) in [6.07, 6.45) is -2.10. The first-order valence-electron chi connectivity index (χ1n) is 15.1. The molecule has 11 heteroatoms. The highest BCUT2D eigenvalue weighted by atomic mass is 16.5. The SMILES string of the molecule is COc1c(OCc2ccccc2)c(C)[nH]c(=O)c1N[C@H]1CC(=O)C(=O)[C@H](Cc2ccccc2)[C@H](OC(=O)C(C)C)[C@H](C)C(=O)C1=O. The number of aromatic amines is 1. The van der Waals surface area contributed by atoms with Crippen LogP contribution in [0, 0.1) is 24.7 Å². The van der Waals surface area contributed by atoms with E-state index < -0.39 is 71.0 Å². The first kappa shape index (κ1) is 33.8. The topological polar surface area (TPSA) is 158 Å². The van der Waals surface area contributed by atoms with Gasteiger partial charge in [0.05, 0.1) is 30.6 Å². The van der Waals surface area contributed by atoms with Gasteiger partial charge < -0.3 is 24.5 Å². The minimum atomic E-state index is -1.59. The number of carbonyl (C=O) groups is 5. The van der Waals surface area contributed by atoms with Gasteiger partial charge in [0.25, 0.3) is 5.56 Å². The number of hydrogen-bond acceptors (Lipinski definition) is 10. The molecule has 1 saturated carbocycles. The van der Waals surface area contributed by atoms with Crippen molar-refractivity contribution in [3.05, 3.63) is 87.8 Å². The van der Waals surface area contributed by atoms with Gasteiger partial charge in [0.1, 0.15) is 24.4 Å². The maximum absolute atomic E-state index is 13.8. The maximum atomic E-state index is 13.8. The van der Waals surface area contributed by atoms with E-state index in [2.05, 4.69) is 10.3 Å². The van der Waals surface area contributed by atoms with Crippen molar-refractivity contribution < 1.29 is 38.2 Å². The van der Waals surface area contributed by atoms with Crippen LogP contribution in [0.1, 0.15) is 44.0 Å². The molecule has 1 heterocycles. The highest BCUT2D eigenvalue weighted by Crippen LogP contribution is 2.36. The normalized spacial score (nSPS) is 20.5. The number of anilines is 1. The second-order valence-corrected chi connectivity index (χ2v) is 11.6. The van der Waals surface area contributed by atoms with Crippen LogP contribution >= 0.6 is 0 Å². The van der Waals surface area contributed by atoms with Crippen LogP contribution < -0.4 is 20.3 Å². The van der Waals surface area contributed by atoms with Crippen molar-refractivity contribution in [3.63, 3.8) is 0 Å². The van der Waals surface area contributed by atoms with Crippen LogP contribution in [0.5, 0.6) is 11.5 Å². The number of pyridine rings is 1. The maximum Gasteiger partial charge on any atom is 0.308 e. The van der Waals surface area contributed by atoms with E-state index in [4.69, 9.17) is 14.2 Å². The zero-order valence-corrected chi connectivity index (χ0v) is 26.5. The lowest BCUT2D eigenvalue weighted by molar-refractivity contribution is -0.163. The van der Waals surface area contributed by atoms with Crippen molar-refractivity contribution >= 4 is 34.8 Å². The molecule has 0 amide bonds. The summed E-state index contributed by atoms with van der Waals surface area (Å²) in [4.78, 5) is 83.3. The fourth-order valence-electron chi connectivity index (χ4n) is 5.36. The molecule has 0 unspecified atom stereocenters. The lowest BCUT2D eigenvalue weighted by Crippen LogP contribution is -2.45. The Bertz CT molecular complexity index is 1660. The fourth-order valence-corrected chi connectivity index (χ4v) is 5.36. The number of ether oxygens (including phenoxy) is 3. The van der Waals surface area contributed by atoms with Crippen LogP contribution in [0.25, 0.3) is 0 Å². The number of aromatic nitrogens is 1. The summed E-state index contributed by atoms with van der Waals surface area (Å²) in [5.74, 6) is -7.49. The van der Waals surface area contributed by atoms with Crippen molar-refractivity contribution in [3.8, 4) is 11.5 Å². The van der Waals surface area contributed by atoms with E-state index in [0.29, 0.717) is 11.3 Å². The Kier molecular flexibility index (Phi) is 10.9. The molecular formula is C35H38N2O9. The third-order valence-electron chi connectivity index (χ3n) is 7.94. The molecule has 3 aromatic rings. The standard InChI is InChI=1S/C35H38N2O9/c1-19(2)35(43)46-31-20(3)28(39)30(41)25(17-26(38)29(40)24(31)16-22-12-8-6-9-13-22)37-27-33(44-5)32(21(4)36-34(27)42)45-18-23-14-10-7-11-15-23/h6-15,19-20,24-25,31,37H,16-18H2,1-5H3,(H,36,42)/t20-,24+,25+,31-/m1/s1. The van der Waals surface area contributed by atoms with Gasteiger partial charge in [0.2, 0.25) is 23.1 Å². The van der Waals surface area contributed by atoms with Gasteiger partial charge in [0.15, 0.2) is 11.5 Å². The lowest BCUT2D eigenvalue weighted by atomic mass is 9.81.